The molecule has 0 amide bonds. The van der Waals surface area contributed by atoms with Gasteiger partial charge in [0.1, 0.15) is 11.8 Å². The highest BCUT2D eigenvalue weighted by Crippen LogP contribution is 2.36. The number of halogens is 4. The largest absolute Gasteiger partial charge is 0.416 e. The maximum atomic E-state index is 12.9. The fraction of sp³-hybridized carbons (Fsp3) is 0.312. The molecule has 0 unspecified atom stereocenters. The molecule has 136 valence electrons. The summed E-state index contributed by atoms with van der Waals surface area (Å²) in [5.74, 6) is 0.551. The fourth-order valence-corrected chi connectivity index (χ4v) is 2.89. The number of alkyl halides is 3. The summed E-state index contributed by atoms with van der Waals surface area (Å²) >= 11 is 5.79. The standard InChI is InChI=1S/C16H11ClF3N3O3/c17-10-5-8(4-9(6-10)16(18,19)20)11-7-13(26-23-11)15-22-21-14(25-15)12-2-1-3-24-12/h4-7,12H,1-3H2/t12-/m1/s1. The van der Waals surface area contributed by atoms with Crippen LogP contribution in [0.2, 0.25) is 5.02 Å². The van der Waals surface area contributed by atoms with Crippen LogP contribution in [-0.2, 0) is 10.9 Å². The van der Waals surface area contributed by atoms with Crippen molar-refractivity contribution in [2.24, 2.45) is 0 Å². The van der Waals surface area contributed by atoms with E-state index in [9.17, 15) is 13.2 Å². The first kappa shape index (κ1) is 17.0. The van der Waals surface area contributed by atoms with E-state index in [1.54, 1.807) is 0 Å². The van der Waals surface area contributed by atoms with Crippen molar-refractivity contribution < 1.29 is 26.8 Å². The Morgan fingerprint density at radius 1 is 1.12 bits per heavy atom. The van der Waals surface area contributed by atoms with Crippen LogP contribution in [0.5, 0.6) is 0 Å². The van der Waals surface area contributed by atoms with Crippen LogP contribution in [0.25, 0.3) is 22.9 Å². The molecule has 0 spiro atoms. The lowest BCUT2D eigenvalue weighted by atomic mass is 10.1. The summed E-state index contributed by atoms with van der Waals surface area (Å²) in [5.41, 5.74) is -0.536. The number of nitrogens with zero attached hydrogens (tertiary/aromatic N) is 3. The molecule has 1 aromatic carbocycles. The van der Waals surface area contributed by atoms with E-state index in [0.29, 0.717) is 12.5 Å². The van der Waals surface area contributed by atoms with Crippen molar-refractivity contribution in [3.05, 3.63) is 40.7 Å². The average Bonchev–Trinajstić information content (AvgIpc) is 3.32. The molecule has 1 aliphatic rings. The molecule has 1 saturated heterocycles. The molecule has 0 saturated carbocycles. The zero-order valence-corrected chi connectivity index (χ0v) is 13.8. The Hall–Kier alpha value is -2.39. The number of hydrogen-bond acceptors (Lipinski definition) is 6. The summed E-state index contributed by atoms with van der Waals surface area (Å²) in [6.45, 7) is 0.630. The molecule has 3 aromatic rings. The molecule has 26 heavy (non-hydrogen) atoms. The number of rotatable bonds is 3. The molecule has 3 heterocycles. The molecule has 1 atom stereocenters. The Morgan fingerprint density at radius 2 is 1.96 bits per heavy atom. The van der Waals surface area contributed by atoms with Gasteiger partial charge in [0.05, 0.1) is 5.56 Å². The Balaban J connectivity index is 1.63. The summed E-state index contributed by atoms with van der Waals surface area (Å²) in [7, 11) is 0. The van der Waals surface area contributed by atoms with Crippen LogP contribution < -0.4 is 0 Å². The SMILES string of the molecule is FC(F)(F)c1cc(Cl)cc(-c2cc(-c3nnc([C@H]4CCCO4)o3)on2)c1. The normalized spacial score (nSPS) is 17.8. The third-order valence-corrected chi connectivity index (χ3v) is 4.11. The van der Waals surface area contributed by atoms with Crippen LogP contribution >= 0.6 is 11.6 Å². The van der Waals surface area contributed by atoms with Gasteiger partial charge in [-0.15, -0.1) is 10.2 Å². The molecule has 1 aliphatic heterocycles. The second-order valence-corrected chi connectivity index (χ2v) is 6.19. The monoisotopic (exact) mass is 385 g/mol. The molecular weight excluding hydrogens is 375 g/mol. The lowest BCUT2D eigenvalue weighted by Crippen LogP contribution is -2.04. The Morgan fingerprint density at radius 3 is 2.69 bits per heavy atom. The first-order valence-electron chi connectivity index (χ1n) is 7.70. The van der Waals surface area contributed by atoms with Crippen LogP contribution in [0.1, 0.15) is 30.4 Å². The molecule has 0 bridgehead atoms. The first-order chi connectivity index (χ1) is 12.4. The van der Waals surface area contributed by atoms with Crippen molar-refractivity contribution in [1.82, 2.24) is 15.4 Å². The van der Waals surface area contributed by atoms with Crippen molar-refractivity contribution in [3.63, 3.8) is 0 Å². The predicted octanol–water partition coefficient (Wildman–Crippen LogP) is 4.92. The highest BCUT2D eigenvalue weighted by molar-refractivity contribution is 6.31. The molecule has 10 heteroatoms. The minimum absolute atomic E-state index is 0.0576. The lowest BCUT2D eigenvalue weighted by Gasteiger charge is -2.08. The van der Waals surface area contributed by atoms with Gasteiger partial charge in [0.15, 0.2) is 0 Å². The average molecular weight is 386 g/mol. The minimum atomic E-state index is -4.52. The predicted molar refractivity (Wildman–Crippen MR) is 83.2 cm³/mol. The Kier molecular flexibility index (Phi) is 4.20. The summed E-state index contributed by atoms with van der Waals surface area (Å²) < 4.78 is 54.9. The van der Waals surface area contributed by atoms with Crippen LogP contribution in [0.3, 0.4) is 0 Å². The highest BCUT2D eigenvalue weighted by atomic mass is 35.5. The highest BCUT2D eigenvalue weighted by Gasteiger charge is 2.31. The molecule has 0 N–H and O–H groups in total. The minimum Gasteiger partial charge on any atom is -0.415 e. The number of aromatic nitrogens is 3. The molecule has 0 aliphatic carbocycles. The van der Waals surface area contributed by atoms with E-state index in [-0.39, 0.29) is 34.0 Å². The van der Waals surface area contributed by atoms with Crippen LogP contribution in [0.15, 0.2) is 33.2 Å². The van der Waals surface area contributed by atoms with Crippen molar-refractivity contribution in [1.29, 1.82) is 0 Å². The molecule has 4 rings (SSSR count). The van der Waals surface area contributed by atoms with Gasteiger partial charge in [-0.1, -0.05) is 16.8 Å². The molecule has 0 radical (unpaired) electrons. The Labute approximate surface area is 149 Å². The molecular formula is C16H11ClF3N3O3. The van der Waals surface area contributed by atoms with Gasteiger partial charge in [0, 0.05) is 23.3 Å². The zero-order valence-electron chi connectivity index (χ0n) is 13.1. The smallest absolute Gasteiger partial charge is 0.415 e. The van der Waals surface area contributed by atoms with Gasteiger partial charge in [-0.05, 0) is 31.0 Å². The Bertz CT molecular complexity index is 932. The van der Waals surface area contributed by atoms with Crippen molar-refractivity contribution in [2.75, 3.05) is 6.61 Å². The van der Waals surface area contributed by atoms with Crippen molar-refractivity contribution in [3.8, 4) is 22.9 Å². The maximum absolute atomic E-state index is 12.9. The van der Waals surface area contributed by atoms with Crippen molar-refractivity contribution in [2.45, 2.75) is 25.1 Å². The summed E-state index contributed by atoms with van der Waals surface area (Å²) in [4.78, 5) is 0. The molecule has 2 aromatic heterocycles. The topological polar surface area (TPSA) is 74.2 Å². The quantitative estimate of drug-likeness (QED) is 0.637. The van der Waals surface area contributed by atoms with E-state index in [1.807, 2.05) is 0 Å². The van der Waals surface area contributed by atoms with Crippen LogP contribution in [0.4, 0.5) is 13.2 Å². The van der Waals surface area contributed by atoms with E-state index >= 15 is 0 Å². The first-order valence-corrected chi connectivity index (χ1v) is 8.08. The summed E-state index contributed by atoms with van der Waals surface area (Å²) in [6.07, 6.45) is -3.08. The van der Waals surface area contributed by atoms with Gasteiger partial charge in [-0.2, -0.15) is 13.2 Å². The van der Waals surface area contributed by atoms with Gasteiger partial charge >= 0.3 is 6.18 Å². The molecule has 1 fully saturated rings. The fourth-order valence-electron chi connectivity index (χ4n) is 2.65. The number of ether oxygens (including phenoxy) is 1. The van der Waals surface area contributed by atoms with Gasteiger partial charge in [0.2, 0.25) is 11.7 Å². The van der Waals surface area contributed by atoms with Crippen LogP contribution in [0, 0.1) is 0 Å². The summed E-state index contributed by atoms with van der Waals surface area (Å²) in [6, 6.07) is 4.57. The van der Waals surface area contributed by atoms with Crippen molar-refractivity contribution >= 4 is 11.6 Å². The third kappa shape index (κ3) is 3.32. The third-order valence-electron chi connectivity index (χ3n) is 3.89. The van der Waals surface area contributed by atoms with E-state index < -0.39 is 11.7 Å². The number of benzene rings is 1. The van der Waals surface area contributed by atoms with E-state index in [0.717, 1.165) is 25.0 Å². The van der Waals surface area contributed by atoms with Crippen LogP contribution in [-0.4, -0.2) is 22.0 Å². The summed E-state index contributed by atoms with van der Waals surface area (Å²) in [5, 5.41) is 11.5. The van der Waals surface area contributed by atoms with Gasteiger partial charge in [0.25, 0.3) is 5.89 Å². The number of hydrogen-bond donors (Lipinski definition) is 0. The van der Waals surface area contributed by atoms with Gasteiger partial charge in [-0.25, -0.2) is 0 Å². The second kappa shape index (κ2) is 6.40. The van der Waals surface area contributed by atoms with Gasteiger partial charge < -0.3 is 13.7 Å². The van der Waals surface area contributed by atoms with E-state index in [2.05, 4.69) is 15.4 Å². The zero-order chi connectivity index (χ0) is 18.3. The van der Waals surface area contributed by atoms with E-state index in [1.165, 1.54) is 12.1 Å². The lowest BCUT2D eigenvalue weighted by molar-refractivity contribution is -0.137. The van der Waals surface area contributed by atoms with Gasteiger partial charge in [-0.3, -0.25) is 0 Å². The maximum Gasteiger partial charge on any atom is 0.416 e. The molecule has 6 nitrogen and oxygen atoms in total. The van der Waals surface area contributed by atoms with E-state index in [4.69, 9.17) is 25.3 Å². The second-order valence-electron chi connectivity index (χ2n) is 5.75.